The van der Waals surface area contributed by atoms with Crippen molar-refractivity contribution >= 4 is 29.2 Å². The van der Waals surface area contributed by atoms with E-state index in [1.165, 1.54) is 18.3 Å². The minimum Gasteiger partial charge on any atom is -0.481 e. The van der Waals surface area contributed by atoms with Crippen LogP contribution in [0.25, 0.3) is 6.08 Å². The number of hydrogen-bond donors (Lipinski definition) is 1. The molecule has 0 aromatic carbocycles. The Morgan fingerprint density at radius 3 is 2.79 bits per heavy atom. The van der Waals surface area contributed by atoms with Crippen molar-refractivity contribution in [2.45, 2.75) is 13.3 Å². The maximum Gasteiger partial charge on any atom is 0.307 e. The lowest BCUT2D eigenvalue weighted by Crippen LogP contribution is -1.89. The van der Waals surface area contributed by atoms with Crippen LogP contribution in [-0.2, 0) is 4.79 Å². The van der Waals surface area contributed by atoms with Gasteiger partial charge in [-0.05, 0) is 23.9 Å². The zero-order valence-electron chi connectivity index (χ0n) is 7.69. The number of thiophene rings is 1. The number of carbonyl (C=O) groups excluding carboxylic acids is 1. The van der Waals surface area contributed by atoms with Crippen molar-refractivity contribution in [2.75, 3.05) is 0 Å². The molecule has 0 saturated carbocycles. The Bertz CT molecular complexity index is 376. The van der Waals surface area contributed by atoms with Crippen molar-refractivity contribution in [1.29, 1.82) is 0 Å². The molecule has 0 aliphatic carbocycles. The average molecular weight is 210 g/mol. The van der Waals surface area contributed by atoms with E-state index in [1.54, 1.807) is 18.2 Å². The highest BCUT2D eigenvalue weighted by Crippen LogP contribution is 2.16. The van der Waals surface area contributed by atoms with Crippen molar-refractivity contribution < 1.29 is 14.7 Å². The molecule has 0 unspecified atom stereocenters. The highest BCUT2D eigenvalue weighted by molar-refractivity contribution is 7.12. The first-order chi connectivity index (χ1) is 6.59. The smallest absolute Gasteiger partial charge is 0.307 e. The Kier molecular flexibility index (Phi) is 3.59. The standard InChI is InChI=1S/C10H10O3S/c1-7(11)9-5-8(6-14-9)3-2-4-10(12)13/h2-3,5-6H,4H2,1H3,(H,12,13). The van der Waals surface area contributed by atoms with E-state index in [0.29, 0.717) is 4.88 Å². The first-order valence-corrected chi connectivity index (χ1v) is 4.95. The molecule has 0 fully saturated rings. The third-order valence-electron chi connectivity index (χ3n) is 1.57. The highest BCUT2D eigenvalue weighted by Gasteiger charge is 2.01. The second-order valence-electron chi connectivity index (χ2n) is 2.80. The third-order valence-corrected chi connectivity index (χ3v) is 2.62. The SMILES string of the molecule is CC(=O)c1cc(C=CCC(=O)O)cs1. The zero-order chi connectivity index (χ0) is 10.6. The van der Waals surface area contributed by atoms with Gasteiger partial charge in [0.1, 0.15) is 0 Å². The van der Waals surface area contributed by atoms with Crippen LogP contribution >= 0.6 is 11.3 Å². The summed E-state index contributed by atoms with van der Waals surface area (Å²) >= 11 is 1.37. The van der Waals surface area contributed by atoms with Crippen LogP contribution in [0.4, 0.5) is 0 Å². The number of carboxylic acids is 1. The minimum atomic E-state index is -0.858. The summed E-state index contributed by atoms with van der Waals surface area (Å²) in [7, 11) is 0. The first kappa shape index (κ1) is 10.7. The summed E-state index contributed by atoms with van der Waals surface area (Å²) in [6.45, 7) is 1.51. The Morgan fingerprint density at radius 1 is 1.57 bits per heavy atom. The fourth-order valence-electron chi connectivity index (χ4n) is 0.919. The minimum absolute atomic E-state index is 0.00521. The van der Waals surface area contributed by atoms with E-state index < -0.39 is 5.97 Å². The monoisotopic (exact) mass is 210 g/mol. The molecular formula is C10H10O3S. The molecule has 74 valence electrons. The molecule has 1 N–H and O–H groups in total. The first-order valence-electron chi connectivity index (χ1n) is 4.07. The normalized spacial score (nSPS) is 10.6. The molecule has 0 aliphatic heterocycles. The Hall–Kier alpha value is -1.42. The van der Waals surface area contributed by atoms with Gasteiger partial charge in [-0.25, -0.2) is 0 Å². The maximum absolute atomic E-state index is 10.9. The number of carbonyl (C=O) groups is 2. The van der Waals surface area contributed by atoms with Crippen molar-refractivity contribution in [3.63, 3.8) is 0 Å². The Morgan fingerprint density at radius 2 is 2.29 bits per heavy atom. The molecule has 0 aliphatic rings. The van der Waals surface area contributed by atoms with Crippen molar-refractivity contribution in [3.8, 4) is 0 Å². The molecule has 1 aromatic heterocycles. The molecule has 0 saturated heterocycles. The Balaban J connectivity index is 2.64. The summed E-state index contributed by atoms with van der Waals surface area (Å²) in [6.07, 6.45) is 3.27. The number of hydrogen-bond acceptors (Lipinski definition) is 3. The van der Waals surface area contributed by atoms with E-state index in [0.717, 1.165) is 5.56 Å². The van der Waals surface area contributed by atoms with E-state index in [1.807, 2.05) is 5.38 Å². The fourth-order valence-corrected chi connectivity index (χ4v) is 1.70. The van der Waals surface area contributed by atoms with Gasteiger partial charge in [0, 0.05) is 0 Å². The van der Waals surface area contributed by atoms with E-state index in [-0.39, 0.29) is 12.2 Å². The van der Waals surface area contributed by atoms with Gasteiger partial charge in [0.15, 0.2) is 5.78 Å². The molecule has 0 amide bonds. The fraction of sp³-hybridized carbons (Fsp3) is 0.200. The van der Waals surface area contributed by atoms with Crippen molar-refractivity contribution in [2.24, 2.45) is 0 Å². The van der Waals surface area contributed by atoms with Gasteiger partial charge in [-0.2, -0.15) is 0 Å². The van der Waals surface area contributed by atoms with E-state index in [4.69, 9.17) is 5.11 Å². The largest absolute Gasteiger partial charge is 0.481 e. The van der Waals surface area contributed by atoms with E-state index >= 15 is 0 Å². The highest BCUT2D eigenvalue weighted by atomic mass is 32.1. The van der Waals surface area contributed by atoms with Crippen LogP contribution < -0.4 is 0 Å². The van der Waals surface area contributed by atoms with E-state index in [9.17, 15) is 9.59 Å². The number of aliphatic carboxylic acids is 1. The molecule has 0 spiro atoms. The Labute approximate surface area is 85.7 Å². The van der Waals surface area contributed by atoms with Crippen LogP contribution in [-0.4, -0.2) is 16.9 Å². The number of rotatable bonds is 4. The molecule has 1 aromatic rings. The van der Waals surface area contributed by atoms with Gasteiger partial charge in [0.25, 0.3) is 0 Å². The van der Waals surface area contributed by atoms with E-state index in [2.05, 4.69) is 0 Å². The number of ketones is 1. The van der Waals surface area contributed by atoms with Gasteiger partial charge in [-0.1, -0.05) is 12.2 Å². The van der Waals surface area contributed by atoms with Crippen molar-refractivity contribution in [1.82, 2.24) is 0 Å². The molecule has 0 radical (unpaired) electrons. The quantitative estimate of drug-likeness (QED) is 0.776. The summed E-state index contributed by atoms with van der Waals surface area (Å²) < 4.78 is 0. The second kappa shape index (κ2) is 4.72. The number of carboxylic acid groups (broad SMARTS) is 1. The van der Waals surface area contributed by atoms with Crippen LogP contribution in [0.5, 0.6) is 0 Å². The van der Waals surface area contributed by atoms with Crippen molar-refractivity contribution in [3.05, 3.63) is 28.0 Å². The summed E-state index contributed by atoms with van der Waals surface area (Å²) in [5, 5.41) is 10.2. The van der Waals surface area contributed by atoms with Gasteiger partial charge in [0.05, 0.1) is 11.3 Å². The molecule has 1 rings (SSSR count). The molecule has 14 heavy (non-hydrogen) atoms. The van der Waals surface area contributed by atoms with Gasteiger partial charge in [0.2, 0.25) is 0 Å². The van der Waals surface area contributed by atoms with Crippen LogP contribution in [0, 0.1) is 0 Å². The third kappa shape index (κ3) is 3.14. The lowest BCUT2D eigenvalue weighted by molar-refractivity contribution is -0.135. The molecular weight excluding hydrogens is 200 g/mol. The van der Waals surface area contributed by atoms with Crippen LogP contribution in [0.15, 0.2) is 17.5 Å². The zero-order valence-corrected chi connectivity index (χ0v) is 8.50. The number of Topliss-reactive ketones (excluding diaryl/α,β-unsaturated/α-hetero) is 1. The summed E-state index contributed by atoms with van der Waals surface area (Å²) in [4.78, 5) is 21.8. The molecule has 4 heteroatoms. The molecule has 0 bridgehead atoms. The predicted octanol–water partition coefficient (Wildman–Crippen LogP) is 2.44. The van der Waals surface area contributed by atoms with Gasteiger partial charge in [-0.15, -0.1) is 11.3 Å². The van der Waals surface area contributed by atoms with Gasteiger partial charge < -0.3 is 5.11 Å². The van der Waals surface area contributed by atoms with Gasteiger partial charge >= 0.3 is 5.97 Å². The average Bonchev–Trinajstić information content (AvgIpc) is 2.52. The van der Waals surface area contributed by atoms with Crippen LogP contribution in [0.2, 0.25) is 0 Å². The molecule has 0 atom stereocenters. The maximum atomic E-state index is 10.9. The van der Waals surface area contributed by atoms with Gasteiger partial charge in [-0.3, -0.25) is 9.59 Å². The van der Waals surface area contributed by atoms with Crippen LogP contribution in [0.1, 0.15) is 28.6 Å². The lowest BCUT2D eigenvalue weighted by Gasteiger charge is -1.84. The van der Waals surface area contributed by atoms with Crippen LogP contribution in [0.3, 0.4) is 0 Å². The summed E-state index contributed by atoms with van der Waals surface area (Å²) in [6, 6.07) is 1.76. The summed E-state index contributed by atoms with van der Waals surface area (Å²) in [5.41, 5.74) is 0.876. The molecule has 3 nitrogen and oxygen atoms in total. The predicted molar refractivity (Wildman–Crippen MR) is 55.6 cm³/mol. The summed E-state index contributed by atoms with van der Waals surface area (Å²) in [5.74, 6) is -0.823. The lowest BCUT2D eigenvalue weighted by atomic mass is 10.2. The topological polar surface area (TPSA) is 54.4 Å². The second-order valence-corrected chi connectivity index (χ2v) is 3.71. The molecule has 1 heterocycles.